The van der Waals surface area contributed by atoms with E-state index < -0.39 is 0 Å². The second-order valence-corrected chi connectivity index (χ2v) is 7.53. The van der Waals surface area contributed by atoms with Crippen LogP contribution in [0.15, 0.2) is 10.9 Å². The van der Waals surface area contributed by atoms with Gasteiger partial charge in [0.1, 0.15) is 0 Å². The van der Waals surface area contributed by atoms with E-state index in [0.29, 0.717) is 23.2 Å². The van der Waals surface area contributed by atoms with Crippen LogP contribution in [0.1, 0.15) is 47.3 Å². The first-order valence-electron chi connectivity index (χ1n) is 9.34. The quantitative estimate of drug-likeness (QED) is 0.864. The van der Waals surface area contributed by atoms with E-state index in [2.05, 4.69) is 9.88 Å². The van der Waals surface area contributed by atoms with Crippen LogP contribution in [0.3, 0.4) is 0 Å². The minimum Gasteiger partial charge on any atom is -0.396 e. The number of pyridine rings is 1. The molecule has 0 spiro atoms. The van der Waals surface area contributed by atoms with Crippen LogP contribution >= 0.6 is 0 Å². The third-order valence-corrected chi connectivity index (χ3v) is 5.72. The summed E-state index contributed by atoms with van der Waals surface area (Å²) in [5, 5.41) is 9.41. The lowest BCUT2D eigenvalue weighted by molar-refractivity contribution is 0.0454. The summed E-state index contributed by atoms with van der Waals surface area (Å²) in [4.78, 5) is 31.6. The molecule has 2 aliphatic rings. The smallest absolute Gasteiger partial charge is 0.255 e. The molecule has 2 N–H and O–H groups in total. The molecular weight excluding hydrogens is 318 g/mol. The van der Waals surface area contributed by atoms with Crippen molar-refractivity contribution in [2.75, 3.05) is 32.8 Å². The van der Waals surface area contributed by atoms with Gasteiger partial charge in [0.25, 0.3) is 5.91 Å². The number of amides is 1. The average Bonchev–Trinajstić information content (AvgIpc) is 2.61. The number of aliphatic hydroxyl groups excluding tert-OH is 1. The highest BCUT2D eigenvalue weighted by Gasteiger charge is 2.31. The number of hydrogen-bond donors (Lipinski definition) is 2. The minimum atomic E-state index is -0.159. The first-order valence-corrected chi connectivity index (χ1v) is 9.34. The Morgan fingerprint density at radius 2 is 1.96 bits per heavy atom. The molecule has 2 aliphatic heterocycles. The van der Waals surface area contributed by atoms with Gasteiger partial charge >= 0.3 is 0 Å². The number of nitrogens with one attached hydrogen (secondary N) is 1. The van der Waals surface area contributed by atoms with E-state index in [1.807, 2.05) is 11.8 Å². The summed E-state index contributed by atoms with van der Waals surface area (Å²) in [6.07, 6.45) is 4.23. The van der Waals surface area contributed by atoms with Crippen LogP contribution in [0.2, 0.25) is 0 Å². The molecule has 0 bridgehead atoms. The highest BCUT2D eigenvalue weighted by atomic mass is 16.3. The van der Waals surface area contributed by atoms with Gasteiger partial charge in [-0.2, -0.15) is 0 Å². The maximum Gasteiger partial charge on any atom is 0.255 e. The van der Waals surface area contributed by atoms with Crippen LogP contribution in [-0.4, -0.2) is 64.6 Å². The predicted octanol–water partition coefficient (Wildman–Crippen LogP) is 1.30. The van der Waals surface area contributed by atoms with E-state index >= 15 is 0 Å². The van der Waals surface area contributed by atoms with Crippen LogP contribution in [0.5, 0.6) is 0 Å². The van der Waals surface area contributed by atoms with Crippen LogP contribution in [0.4, 0.5) is 0 Å². The Labute approximate surface area is 148 Å². The number of nitrogens with zero attached hydrogens (tertiary/aromatic N) is 2. The van der Waals surface area contributed by atoms with Crippen molar-refractivity contribution >= 4 is 5.91 Å². The van der Waals surface area contributed by atoms with Crippen LogP contribution < -0.4 is 5.56 Å². The van der Waals surface area contributed by atoms with E-state index in [-0.39, 0.29) is 18.1 Å². The Morgan fingerprint density at radius 1 is 1.24 bits per heavy atom. The molecule has 1 aromatic rings. The number of carbonyl (C=O) groups is 1. The number of piperidine rings is 2. The van der Waals surface area contributed by atoms with Crippen molar-refractivity contribution < 1.29 is 9.90 Å². The fourth-order valence-electron chi connectivity index (χ4n) is 4.35. The maximum absolute atomic E-state index is 12.9. The van der Waals surface area contributed by atoms with Gasteiger partial charge in [-0.25, -0.2) is 0 Å². The Hall–Kier alpha value is -1.66. The molecule has 0 saturated carbocycles. The first-order chi connectivity index (χ1) is 12.0. The van der Waals surface area contributed by atoms with Gasteiger partial charge in [0.2, 0.25) is 5.56 Å². The number of carbonyl (C=O) groups excluding carboxylic acids is 1. The number of aryl methyl sites for hydroxylation is 2. The number of hydrogen-bond acceptors (Lipinski definition) is 4. The van der Waals surface area contributed by atoms with Crippen molar-refractivity contribution in [1.82, 2.24) is 14.8 Å². The first kappa shape index (κ1) is 18.1. The van der Waals surface area contributed by atoms with E-state index in [1.165, 1.54) is 6.07 Å². The van der Waals surface area contributed by atoms with Gasteiger partial charge in [-0.05, 0) is 57.6 Å². The molecule has 1 atom stereocenters. The molecule has 0 aromatic carbocycles. The van der Waals surface area contributed by atoms with Crippen molar-refractivity contribution in [2.24, 2.45) is 5.92 Å². The fraction of sp³-hybridized carbons (Fsp3) is 0.684. The number of aromatic nitrogens is 1. The molecule has 2 fully saturated rings. The molecule has 0 unspecified atom stereocenters. The summed E-state index contributed by atoms with van der Waals surface area (Å²) >= 11 is 0. The summed E-state index contributed by atoms with van der Waals surface area (Å²) in [6.45, 7) is 7.48. The summed E-state index contributed by atoms with van der Waals surface area (Å²) in [7, 11) is 0. The SMILES string of the molecule is Cc1cc(=O)[nH]c(C)c1C(=O)N1CCC(N2CCC[C@H](CO)C2)CC1. The third kappa shape index (κ3) is 3.96. The highest BCUT2D eigenvalue weighted by Crippen LogP contribution is 2.25. The van der Waals surface area contributed by atoms with Gasteiger partial charge in [-0.1, -0.05) is 0 Å². The fourth-order valence-corrected chi connectivity index (χ4v) is 4.35. The van der Waals surface area contributed by atoms with Crippen molar-refractivity contribution in [3.63, 3.8) is 0 Å². The Bertz CT molecular complexity index is 651. The third-order valence-electron chi connectivity index (χ3n) is 5.72. The molecule has 138 valence electrons. The molecule has 0 radical (unpaired) electrons. The minimum absolute atomic E-state index is 0.0246. The standard InChI is InChI=1S/C19H29N3O3/c1-13-10-17(24)20-14(2)18(13)19(25)21-8-5-16(6-9-21)22-7-3-4-15(11-22)12-23/h10,15-16,23H,3-9,11-12H2,1-2H3,(H,20,24)/t15-/m0/s1. The predicted molar refractivity (Wildman–Crippen MR) is 96.8 cm³/mol. The van der Waals surface area contributed by atoms with E-state index in [9.17, 15) is 14.7 Å². The van der Waals surface area contributed by atoms with Gasteiger partial charge in [-0.3, -0.25) is 14.5 Å². The summed E-state index contributed by atoms with van der Waals surface area (Å²) in [5.41, 5.74) is 1.87. The number of aromatic amines is 1. The monoisotopic (exact) mass is 347 g/mol. The van der Waals surface area contributed by atoms with E-state index in [1.54, 1.807) is 6.92 Å². The van der Waals surface area contributed by atoms with Crippen LogP contribution in [0, 0.1) is 19.8 Å². The summed E-state index contributed by atoms with van der Waals surface area (Å²) in [6, 6.07) is 2.01. The highest BCUT2D eigenvalue weighted by molar-refractivity contribution is 5.96. The van der Waals surface area contributed by atoms with Crippen LogP contribution in [-0.2, 0) is 0 Å². The molecular formula is C19H29N3O3. The second kappa shape index (κ2) is 7.70. The zero-order valence-corrected chi connectivity index (χ0v) is 15.3. The summed E-state index contributed by atoms with van der Waals surface area (Å²) < 4.78 is 0. The van der Waals surface area contributed by atoms with Crippen LogP contribution in [0.25, 0.3) is 0 Å². The van der Waals surface area contributed by atoms with Crippen molar-refractivity contribution in [2.45, 2.75) is 45.6 Å². The lowest BCUT2D eigenvalue weighted by Crippen LogP contribution is -2.50. The van der Waals surface area contributed by atoms with E-state index in [4.69, 9.17) is 0 Å². The molecule has 1 aromatic heterocycles. The van der Waals surface area contributed by atoms with Crippen molar-refractivity contribution in [1.29, 1.82) is 0 Å². The number of aliphatic hydroxyl groups is 1. The lowest BCUT2D eigenvalue weighted by Gasteiger charge is -2.42. The van der Waals surface area contributed by atoms with Gasteiger partial charge in [0.15, 0.2) is 0 Å². The Kier molecular flexibility index (Phi) is 5.59. The normalized spacial score (nSPS) is 23.0. The zero-order valence-electron chi connectivity index (χ0n) is 15.3. The molecule has 6 heteroatoms. The summed E-state index contributed by atoms with van der Waals surface area (Å²) in [5.74, 6) is 0.427. The largest absolute Gasteiger partial charge is 0.396 e. The molecule has 6 nitrogen and oxygen atoms in total. The topological polar surface area (TPSA) is 76.6 Å². The van der Waals surface area contributed by atoms with Gasteiger partial charge in [0, 0.05) is 44.0 Å². The lowest BCUT2D eigenvalue weighted by atomic mass is 9.94. The van der Waals surface area contributed by atoms with E-state index in [0.717, 1.165) is 57.4 Å². The molecule has 2 saturated heterocycles. The number of H-pyrrole nitrogens is 1. The molecule has 0 aliphatic carbocycles. The number of likely N-dealkylation sites (tertiary alicyclic amines) is 2. The zero-order chi connectivity index (χ0) is 18.0. The molecule has 3 heterocycles. The Morgan fingerprint density at radius 3 is 2.60 bits per heavy atom. The molecule has 1 amide bonds. The van der Waals surface area contributed by atoms with Gasteiger partial charge in [0.05, 0.1) is 5.56 Å². The maximum atomic E-state index is 12.9. The Balaban J connectivity index is 1.62. The number of rotatable bonds is 3. The van der Waals surface area contributed by atoms with Gasteiger partial charge in [-0.15, -0.1) is 0 Å². The van der Waals surface area contributed by atoms with Crippen molar-refractivity contribution in [3.8, 4) is 0 Å². The molecule has 3 rings (SSSR count). The average molecular weight is 347 g/mol. The molecule has 25 heavy (non-hydrogen) atoms. The van der Waals surface area contributed by atoms with Crippen molar-refractivity contribution in [3.05, 3.63) is 33.2 Å². The van der Waals surface area contributed by atoms with Gasteiger partial charge < -0.3 is 15.0 Å². The second-order valence-electron chi connectivity index (χ2n) is 7.53.